The molecule has 2 atom stereocenters. The van der Waals surface area contributed by atoms with Gasteiger partial charge in [0.15, 0.2) is 11.5 Å². The van der Waals surface area contributed by atoms with E-state index in [9.17, 15) is 18.0 Å². The van der Waals surface area contributed by atoms with Crippen LogP contribution in [0.2, 0.25) is 0 Å². The highest BCUT2D eigenvalue weighted by atomic mass is 19.4. The molecule has 1 N–H and O–H groups in total. The zero-order valence-corrected chi connectivity index (χ0v) is 20.0. The molecule has 0 radical (unpaired) electrons. The lowest BCUT2D eigenvalue weighted by molar-refractivity contribution is -0.137. The Morgan fingerprint density at radius 1 is 1.06 bits per heavy atom. The number of methoxy groups -OCH3 is 2. The fourth-order valence-corrected chi connectivity index (χ4v) is 4.83. The lowest BCUT2D eigenvalue weighted by Crippen LogP contribution is -2.50. The van der Waals surface area contributed by atoms with Crippen molar-refractivity contribution in [2.75, 3.05) is 45.3 Å². The zero-order chi connectivity index (χ0) is 25.0. The number of carbonyl (C=O) groups is 1. The van der Waals surface area contributed by atoms with Gasteiger partial charge >= 0.3 is 6.18 Å². The number of ether oxygens (including phenoxy) is 2. The molecular weight excluding hydrogens is 461 g/mol. The number of alkyl halides is 3. The summed E-state index contributed by atoms with van der Waals surface area (Å²) in [7, 11) is 3.21. The number of nitrogens with one attached hydrogen (secondary N) is 1. The maximum atomic E-state index is 13.1. The zero-order valence-electron chi connectivity index (χ0n) is 20.0. The van der Waals surface area contributed by atoms with Crippen LogP contribution >= 0.6 is 0 Å². The summed E-state index contributed by atoms with van der Waals surface area (Å²) in [6.07, 6.45) is -0.678. The molecule has 2 aromatic rings. The average molecular weight is 493 g/mol. The molecule has 2 fully saturated rings. The molecule has 2 heterocycles. The van der Waals surface area contributed by atoms with Crippen molar-refractivity contribution >= 4 is 11.7 Å². The Morgan fingerprint density at radius 2 is 1.80 bits per heavy atom. The van der Waals surface area contributed by atoms with Crippen molar-refractivity contribution in [1.29, 1.82) is 0 Å². The highest BCUT2D eigenvalue weighted by molar-refractivity contribution is 5.79. The summed E-state index contributed by atoms with van der Waals surface area (Å²) >= 11 is 0. The van der Waals surface area contributed by atoms with Crippen LogP contribution in [0, 0.1) is 5.92 Å². The molecule has 2 unspecified atom stereocenters. The van der Waals surface area contributed by atoms with Crippen molar-refractivity contribution in [3.8, 4) is 11.5 Å². The summed E-state index contributed by atoms with van der Waals surface area (Å²) in [6, 6.07) is 8.12. The predicted octanol–water partition coefficient (Wildman–Crippen LogP) is 3.72. The number of pyridine rings is 1. The second-order valence-electron chi connectivity index (χ2n) is 8.99. The average Bonchev–Trinajstić information content (AvgIpc) is 3.35. The molecule has 0 spiro atoms. The number of halogens is 3. The maximum absolute atomic E-state index is 13.1. The van der Waals surface area contributed by atoms with Crippen molar-refractivity contribution < 1.29 is 27.4 Å². The first kappa shape index (κ1) is 25.1. The molecule has 1 amide bonds. The van der Waals surface area contributed by atoms with Crippen LogP contribution in [0.25, 0.3) is 0 Å². The van der Waals surface area contributed by atoms with Gasteiger partial charge in [-0.2, -0.15) is 13.2 Å². The van der Waals surface area contributed by atoms with E-state index in [2.05, 4.69) is 10.3 Å². The van der Waals surface area contributed by atoms with Gasteiger partial charge in [-0.05, 0) is 49.1 Å². The third-order valence-electron chi connectivity index (χ3n) is 6.81. The van der Waals surface area contributed by atoms with Gasteiger partial charge in [-0.3, -0.25) is 4.79 Å². The summed E-state index contributed by atoms with van der Waals surface area (Å²) in [5.74, 6) is 1.78. The number of carbonyl (C=O) groups excluding carboxylic acids is 1. The number of hydrogen-bond acceptors (Lipinski definition) is 6. The van der Waals surface area contributed by atoms with Crippen molar-refractivity contribution in [3.63, 3.8) is 0 Å². The van der Waals surface area contributed by atoms with E-state index in [4.69, 9.17) is 9.47 Å². The van der Waals surface area contributed by atoms with Gasteiger partial charge in [-0.15, -0.1) is 0 Å². The second kappa shape index (κ2) is 10.7. The number of benzene rings is 1. The largest absolute Gasteiger partial charge is 0.493 e. The monoisotopic (exact) mass is 492 g/mol. The van der Waals surface area contributed by atoms with Gasteiger partial charge in [0.1, 0.15) is 5.82 Å². The maximum Gasteiger partial charge on any atom is 0.416 e. The van der Waals surface area contributed by atoms with Crippen LogP contribution in [0.5, 0.6) is 11.5 Å². The smallest absolute Gasteiger partial charge is 0.416 e. The lowest BCUT2D eigenvalue weighted by atomic mass is 10.1. The fourth-order valence-electron chi connectivity index (χ4n) is 4.83. The molecule has 7 nitrogen and oxygen atoms in total. The van der Waals surface area contributed by atoms with Crippen LogP contribution in [-0.4, -0.2) is 62.2 Å². The van der Waals surface area contributed by atoms with E-state index in [-0.39, 0.29) is 17.9 Å². The fraction of sp³-hybridized carbons (Fsp3) is 0.520. The van der Waals surface area contributed by atoms with E-state index < -0.39 is 11.7 Å². The molecular formula is C25H31F3N4O3. The summed E-state index contributed by atoms with van der Waals surface area (Å²) in [5, 5.41) is 3.54. The van der Waals surface area contributed by atoms with Gasteiger partial charge in [0.05, 0.1) is 19.8 Å². The molecule has 1 aromatic heterocycles. The summed E-state index contributed by atoms with van der Waals surface area (Å²) in [6.45, 7) is 2.57. The Labute approximate surface area is 203 Å². The van der Waals surface area contributed by atoms with Crippen molar-refractivity contribution in [1.82, 2.24) is 15.2 Å². The Balaban J connectivity index is 1.25. The number of anilines is 1. The van der Waals surface area contributed by atoms with Gasteiger partial charge in [0, 0.05) is 50.9 Å². The van der Waals surface area contributed by atoms with Crippen LogP contribution in [0.1, 0.15) is 30.4 Å². The van der Waals surface area contributed by atoms with E-state index in [1.807, 2.05) is 23.1 Å². The normalized spacial score (nSPS) is 20.7. The molecule has 10 heteroatoms. The molecule has 2 aliphatic rings. The van der Waals surface area contributed by atoms with E-state index in [0.717, 1.165) is 37.0 Å². The standard InChI is InChI=1S/C25H31F3N4O3/c1-34-21-6-3-17(13-22(21)35-2)16-30-20-5-4-18(14-20)24(33)32-11-9-31(10-12-32)23-15-19(7-8-29-23)25(26,27)28/h3,6-8,13,15,18,20,30H,4-5,9-12,14,16H2,1-2H3. The van der Waals surface area contributed by atoms with E-state index in [1.54, 1.807) is 19.1 Å². The summed E-state index contributed by atoms with van der Waals surface area (Å²) in [5.41, 5.74) is 0.371. The Hall–Kier alpha value is -3.01. The summed E-state index contributed by atoms with van der Waals surface area (Å²) in [4.78, 5) is 20.8. The number of nitrogens with zero attached hydrogens (tertiary/aromatic N) is 3. The van der Waals surface area contributed by atoms with E-state index in [1.165, 1.54) is 6.20 Å². The van der Waals surface area contributed by atoms with Gasteiger partial charge in [0.2, 0.25) is 5.91 Å². The van der Waals surface area contributed by atoms with Crippen LogP contribution < -0.4 is 19.7 Å². The van der Waals surface area contributed by atoms with Crippen molar-refractivity contribution in [2.24, 2.45) is 5.92 Å². The Morgan fingerprint density at radius 3 is 2.49 bits per heavy atom. The van der Waals surface area contributed by atoms with Crippen LogP contribution in [0.15, 0.2) is 36.5 Å². The van der Waals surface area contributed by atoms with Gasteiger partial charge in [-0.25, -0.2) is 4.98 Å². The lowest BCUT2D eigenvalue weighted by Gasteiger charge is -2.36. The molecule has 0 bridgehead atoms. The number of hydrogen-bond donors (Lipinski definition) is 1. The molecule has 1 aliphatic heterocycles. The number of rotatable bonds is 7. The quantitative estimate of drug-likeness (QED) is 0.636. The highest BCUT2D eigenvalue weighted by Crippen LogP contribution is 2.32. The predicted molar refractivity (Wildman–Crippen MR) is 126 cm³/mol. The molecule has 190 valence electrons. The molecule has 1 aromatic carbocycles. The van der Waals surface area contributed by atoms with Crippen LogP contribution in [0.3, 0.4) is 0 Å². The topological polar surface area (TPSA) is 66.9 Å². The minimum atomic E-state index is -4.40. The van der Waals surface area contributed by atoms with E-state index >= 15 is 0 Å². The highest BCUT2D eigenvalue weighted by Gasteiger charge is 2.35. The Kier molecular flexibility index (Phi) is 7.69. The Bertz CT molecular complexity index is 1030. The molecule has 35 heavy (non-hydrogen) atoms. The van der Waals surface area contributed by atoms with Gasteiger partial charge in [0.25, 0.3) is 0 Å². The third-order valence-corrected chi connectivity index (χ3v) is 6.81. The van der Waals surface area contributed by atoms with Crippen LogP contribution in [0.4, 0.5) is 19.0 Å². The van der Waals surface area contributed by atoms with Crippen LogP contribution in [-0.2, 0) is 17.5 Å². The van der Waals surface area contributed by atoms with Gasteiger partial charge in [-0.1, -0.05) is 6.07 Å². The number of amides is 1. The van der Waals surface area contributed by atoms with Gasteiger partial charge < -0.3 is 24.6 Å². The first-order valence-electron chi connectivity index (χ1n) is 11.8. The summed E-state index contributed by atoms with van der Waals surface area (Å²) < 4.78 is 49.7. The number of aromatic nitrogens is 1. The minimum absolute atomic E-state index is 0.0314. The molecule has 1 saturated heterocycles. The minimum Gasteiger partial charge on any atom is -0.493 e. The first-order valence-corrected chi connectivity index (χ1v) is 11.8. The molecule has 4 rings (SSSR count). The van der Waals surface area contributed by atoms with E-state index in [0.29, 0.717) is 50.0 Å². The first-order chi connectivity index (χ1) is 16.8. The molecule has 1 aliphatic carbocycles. The third kappa shape index (κ3) is 5.98. The SMILES string of the molecule is COc1ccc(CNC2CCC(C(=O)N3CCN(c4cc(C(F)(F)F)ccn4)CC3)C2)cc1OC. The molecule has 1 saturated carbocycles. The number of piperazine rings is 1. The van der Waals surface area contributed by atoms with Crippen molar-refractivity contribution in [3.05, 3.63) is 47.7 Å². The second-order valence-corrected chi connectivity index (χ2v) is 8.99. The van der Waals surface area contributed by atoms with Crippen molar-refractivity contribution in [2.45, 2.75) is 38.0 Å².